The molecule has 1 fully saturated rings. The Bertz CT molecular complexity index is 239. The number of aliphatic carboxylic acids is 1. The zero-order chi connectivity index (χ0) is 11.3. The van der Waals surface area contributed by atoms with Crippen LogP contribution in [0.3, 0.4) is 0 Å². The van der Waals surface area contributed by atoms with Crippen molar-refractivity contribution in [1.29, 1.82) is 0 Å². The van der Waals surface area contributed by atoms with Crippen LogP contribution in [0.15, 0.2) is 0 Å². The van der Waals surface area contributed by atoms with Crippen LogP contribution in [-0.2, 0) is 9.53 Å². The van der Waals surface area contributed by atoms with Gasteiger partial charge >= 0.3 is 12.0 Å². The standard InChI is InChI=1S/C8H14N2O5/c11-3-6(7(12)13)10-8(14)9-5-1-2-15-4-5/h5-6,11H,1-4H2,(H,12,13)(H2,9,10,14). The number of amides is 2. The number of carbonyl (C=O) groups excluding carboxylic acids is 1. The fourth-order valence-corrected chi connectivity index (χ4v) is 1.22. The third-order valence-corrected chi connectivity index (χ3v) is 2.05. The Balaban J connectivity index is 2.30. The molecule has 7 nitrogen and oxygen atoms in total. The van der Waals surface area contributed by atoms with E-state index >= 15 is 0 Å². The first-order valence-corrected chi connectivity index (χ1v) is 4.62. The zero-order valence-corrected chi connectivity index (χ0v) is 8.10. The van der Waals surface area contributed by atoms with E-state index in [2.05, 4.69) is 10.6 Å². The molecule has 86 valence electrons. The van der Waals surface area contributed by atoms with E-state index in [4.69, 9.17) is 14.9 Å². The van der Waals surface area contributed by atoms with Crippen LogP contribution in [0.2, 0.25) is 0 Å². The van der Waals surface area contributed by atoms with Crippen LogP contribution in [0.4, 0.5) is 4.79 Å². The summed E-state index contributed by atoms with van der Waals surface area (Å²) in [5.41, 5.74) is 0. The van der Waals surface area contributed by atoms with E-state index in [0.29, 0.717) is 19.6 Å². The molecule has 0 aromatic carbocycles. The Morgan fingerprint density at radius 2 is 2.27 bits per heavy atom. The van der Waals surface area contributed by atoms with E-state index in [0.717, 1.165) is 0 Å². The maximum atomic E-state index is 11.2. The molecule has 2 amide bonds. The second-order valence-electron chi connectivity index (χ2n) is 3.25. The molecule has 2 atom stereocenters. The van der Waals surface area contributed by atoms with Gasteiger partial charge in [0.2, 0.25) is 0 Å². The number of carboxylic acid groups (broad SMARTS) is 1. The minimum atomic E-state index is -1.27. The molecule has 1 aliphatic heterocycles. The Hall–Kier alpha value is -1.34. The van der Waals surface area contributed by atoms with Gasteiger partial charge in [0.15, 0.2) is 6.04 Å². The maximum absolute atomic E-state index is 11.2. The molecular weight excluding hydrogens is 204 g/mol. The van der Waals surface area contributed by atoms with Crippen LogP contribution >= 0.6 is 0 Å². The number of rotatable bonds is 4. The van der Waals surface area contributed by atoms with Crippen LogP contribution in [0.1, 0.15) is 6.42 Å². The predicted octanol–water partition coefficient (Wildman–Crippen LogP) is -1.48. The summed E-state index contributed by atoms with van der Waals surface area (Å²) in [6.45, 7) is 0.390. The number of carbonyl (C=O) groups is 2. The SMILES string of the molecule is O=C(NC1CCOC1)NC(CO)C(=O)O. The molecule has 7 heteroatoms. The minimum Gasteiger partial charge on any atom is -0.480 e. The van der Waals surface area contributed by atoms with Gasteiger partial charge in [-0.05, 0) is 6.42 Å². The highest BCUT2D eigenvalue weighted by molar-refractivity contribution is 5.82. The molecule has 15 heavy (non-hydrogen) atoms. The van der Waals surface area contributed by atoms with Gasteiger partial charge in [0.05, 0.1) is 19.3 Å². The van der Waals surface area contributed by atoms with Crippen molar-refractivity contribution in [2.45, 2.75) is 18.5 Å². The Labute approximate surface area is 86.4 Å². The van der Waals surface area contributed by atoms with E-state index in [1.54, 1.807) is 0 Å². The summed E-state index contributed by atoms with van der Waals surface area (Å²) < 4.78 is 5.03. The molecule has 0 radical (unpaired) electrons. The minimum absolute atomic E-state index is 0.0851. The van der Waals surface area contributed by atoms with Gasteiger partial charge in [-0.25, -0.2) is 9.59 Å². The summed E-state index contributed by atoms with van der Waals surface area (Å²) in [6.07, 6.45) is 0.713. The first kappa shape index (κ1) is 11.7. The third-order valence-electron chi connectivity index (χ3n) is 2.05. The molecule has 1 rings (SSSR count). The number of hydrogen-bond donors (Lipinski definition) is 4. The third kappa shape index (κ3) is 3.72. The number of aliphatic hydroxyl groups excluding tert-OH is 1. The molecular formula is C8H14N2O5. The number of aliphatic hydroxyl groups is 1. The van der Waals surface area contributed by atoms with Crippen molar-refractivity contribution in [3.05, 3.63) is 0 Å². The van der Waals surface area contributed by atoms with Crippen molar-refractivity contribution in [2.75, 3.05) is 19.8 Å². The molecule has 2 unspecified atom stereocenters. The van der Waals surface area contributed by atoms with E-state index in [9.17, 15) is 9.59 Å². The van der Waals surface area contributed by atoms with Crippen molar-refractivity contribution in [3.8, 4) is 0 Å². The largest absolute Gasteiger partial charge is 0.480 e. The number of nitrogens with one attached hydrogen (secondary N) is 2. The summed E-state index contributed by atoms with van der Waals surface area (Å²) in [5.74, 6) is -1.27. The van der Waals surface area contributed by atoms with Gasteiger partial charge in [-0.1, -0.05) is 0 Å². The number of ether oxygens (including phenoxy) is 1. The van der Waals surface area contributed by atoms with Crippen LogP contribution in [0, 0.1) is 0 Å². The highest BCUT2D eigenvalue weighted by Gasteiger charge is 2.22. The first-order chi connectivity index (χ1) is 7.13. The monoisotopic (exact) mass is 218 g/mol. The highest BCUT2D eigenvalue weighted by Crippen LogP contribution is 2.02. The molecule has 0 aromatic rings. The lowest BCUT2D eigenvalue weighted by molar-refractivity contribution is -0.140. The fourth-order valence-electron chi connectivity index (χ4n) is 1.22. The van der Waals surface area contributed by atoms with Gasteiger partial charge in [-0.3, -0.25) is 0 Å². The smallest absolute Gasteiger partial charge is 0.328 e. The Kier molecular flexibility index (Phi) is 4.32. The summed E-state index contributed by atoms with van der Waals surface area (Å²) in [7, 11) is 0. The average molecular weight is 218 g/mol. The molecule has 0 bridgehead atoms. The lowest BCUT2D eigenvalue weighted by atomic mass is 10.2. The van der Waals surface area contributed by atoms with Crippen molar-refractivity contribution < 1.29 is 24.5 Å². The van der Waals surface area contributed by atoms with Gasteiger partial charge in [0.1, 0.15) is 0 Å². The van der Waals surface area contributed by atoms with E-state index in [1.165, 1.54) is 0 Å². The van der Waals surface area contributed by atoms with Crippen LogP contribution in [-0.4, -0.2) is 54.1 Å². The Morgan fingerprint density at radius 3 is 2.73 bits per heavy atom. The van der Waals surface area contributed by atoms with Crippen molar-refractivity contribution >= 4 is 12.0 Å². The summed E-state index contributed by atoms with van der Waals surface area (Å²) in [6, 6.07) is -1.96. The maximum Gasteiger partial charge on any atom is 0.328 e. The lowest BCUT2D eigenvalue weighted by Gasteiger charge is -2.15. The second kappa shape index (κ2) is 5.52. The summed E-state index contributed by atoms with van der Waals surface area (Å²) >= 11 is 0. The zero-order valence-electron chi connectivity index (χ0n) is 8.10. The molecule has 4 N–H and O–H groups in total. The van der Waals surface area contributed by atoms with Gasteiger partial charge in [-0.2, -0.15) is 0 Å². The first-order valence-electron chi connectivity index (χ1n) is 4.62. The molecule has 1 aliphatic rings. The molecule has 0 saturated carbocycles. The topological polar surface area (TPSA) is 108 Å². The summed E-state index contributed by atoms with van der Waals surface area (Å²) in [5, 5.41) is 21.9. The predicted molar refractivity (Wildman–Crippen MR) is 49.4 cm³/mol. The normalized spacial score (nSPS) is 22.1. The highest BCUT2D eigenvalue weighted by atomic mass is 16.5. The van der Waals surface area contributed by atoms with Crippen LogP contribution in [0.25, 0.3) is 0 Å². The van der Waals surface area contributed by atoms with Gasteiger partial charge in [0, 0.05) is 6.61 Å². The number of carboxylic acids is 1. The van der Waals surface area contributed by atoms with Gasteiger partial charge in [-0.15, -0.1) is 0 Å². The summed E-state index contributed by atoms with van der Waals surface area (Å²) in [4.78, 5) is 21.7. The molecule has 1 saturated heterocycles. The van der Waals surface area contributed by atoms with Crippen LogP contribution in [0.5, 0.6) is 0 Å². The number of urea groups is 1. The molecule has 1 heterocycles. The quantitative estimate of drug-likeness (QED) is 0.460. The van der Waals surface area contributed by atoms with Gasteiger partial charge in [0.25, 0.3) is 0 Å². The van der Waals surface area contributed by atoms with E-state index in [-0.39, 0.29) is 6.04 Å². The van der Waals surface area contributed by atoms with Crippen molar-refractivity contribution in [3.63, 3.8) is 0 Å². The number of hydrogen-bond acceptors (Lipinski definition) is 4. The van der Waals surface area contributed by atoms with E-state index in [1.807, 2.05) is 0 Å². The molecule has 0 spiro atoms. The molecule has 0 aromatic heterocycles. The molecule has 0 aliphatic carbocycles. The van der Waals surface area contributed by atoms with Crippen LogP contribution < -0.4 is 10.6 Å². The Morgan fingerprint density at radius 1 is 1.53 bits per heavy atom. The second-order valence-corrected chi connectivity index (χ2v) is 3.25. The lowest BCUT2D eigenvalue weighted by Crippen LogP contribution is -2.50. The fraction of sp³-hybridized carbons (Fsp3) is 0.750. The van der Waals surface area contributed by atoms with Crippen molar-refractivity contribution in [2.24, 2.45) is 0 Å². The average Bonchev–Trinajstić information content (AvgIpc) is 2.66. The van der Waals surface area contributed by atoms with Crippen molar-refractivity contribution in [1.82, 2.24) is 10.6 Å². The van der Waals surface area contributed by atoms with Gasteiger partial charge < -0.3 is 25.6 Å². The van der Waals surface area contributed by atoms with E-state index < -0.39 is 24.6 Å².